The Kier molecular flexibility index (Phi) is 5.95. The number of halogens is 1. The molecule has 0 fully saturated rings. The molecule has 1 aromatic carbocycles. The molecule has 1 aromatic heterocycles. The van der Waals surface area contributed by atoms with E-state index in [0.717, 1.165) is 40.6 Å². The van der Waals surface area contributed by atoms with Crippen LogP contribution >= 0.6 is 27.3 Å². The van der Waals surface area contributed by atoms with E-state index in [2.05, 4.69) is 27.3 Å². The molecule has 1 N–H and O–H groups in total. The van der Waals surface area contributed by atoms with E-state index >= 15 is 0 Å². The van der Waals surface area contributed by atoms with Gasteiger partial charge in [0.05, 0.1) is 12.7 Å². The summed E-state index contributed by atoms with van der Waals surface area (Å²) < 4.78 is 6.10. The van der Waals surface area contributed by atoms with Crippen molar-refractivity contribution in [3.63, 3.8) is 0 Å². The van der Waals surface area contributed by atoms with E-state index in [1.54, 1.807) is 12.1 Å². The molecular weight excluding hydrogens is 426 g/mol. The van der Waals surface area contributed by atoms with Crippen molar-refractivity contribution in [3.05, 3.63) is 49.8 Å². The van der Waals surface area contributed by atoms with Crippen LogP contribution in [-0.2, 0) is 17.6 Å². The second-order valence-electron chi connectivity index (χ2n) is 6.04. The average Bonchev–Trinajstić information content (AvgIpc) is 3.02. The predicted molar refractivity (Wildman–Crippen MR) is 109 cm³/mol. The summed E-state index contributed by atoms with van der Waals surface area (Å²) in [6, 6.07) is 9.49. The highest BCUT2D eigenvalue weighted by molar-refractivity contribution is 9.10. The Labute approximate surface area is 170 Å². The number of fused-ring (bicyclic) bond motifs is 1. The van der Waals surface area contributed by atoms with Crippen molar-refractivity contribution in [2.45, 2.75) is 25.7 Å². The number of ether oxygens (including phenoxy) is 1. The summed E-state index contributed by atoms with van der Waals surface area (Å²) in [5, 5.41) is 22.3. The SMILES string of the molecule is COc1ccc(Br)cc1/C=C(\C#N)C(=O)Nc1sc2c(c1C#N)CCCC2. The second kappa shape index (κ2) is 8.39. The second-order valence-corrected chi connectivity index (χ2v) is 8.06. The van der Waals surface area contributed by atoms with Gasteiger partial charge in [0.25, 0.3) is 5.91 Å². The van der Waals surface area contributed by atoms with Crippen LogP contribution in [0.15, 0.2) is 28.2 Å². The quantitative estimate of drug-likeness (QED) is 0.544. The normalized spacial score (nSPS) is 13.3. The van der Waals surface area contributed by atoms with Gasteiger partial charge in [0.2, 0.25) is 0 Å². The minimum absolute atomic E-state index is 0.0540. The maximum atomic E-state index is 12.7. The molecule has 2 aromatic rings. The van der Waals surface area contributed by atoms with Crippen LogP contribution in [0, 0.1) is 22.7 Å². The van der Waals surface area contributed by atoms with Gasteiger partial charge >= 0.3 is 0 Å². The number of aryl methyl sites for hydroxylation is 1. The molecule has 0 unspecified atom stereocenters. The molecule has 5 nitrogen and oxygen atoms in total. The third-order valence-corrected chi connectivity index (χ3v) is 6.07. The van der Waals surface area contributed by atoms with Gasteiger partial charge in [0.15, 0.2) is 0 Å². The third-order valence-electron chi connectivity index (χ3n) is 4.37. The fourth-order valence-corrected chi connectivity index (χ4v) is 4.68. The zero-order valence-electron chi connectivity index (χ0n) is 14.6. The molecule has 0 saturated carbocycles. The number of amides is 1. The van der Waals surface area contributed by atoms with Crippen molar-refractivity contribution in [1.82, 2.24) is 0 Å². The van der Waals surface area contributed by atoms with Crippen molar-refractivity contribution < 1.29 is 9.53 Å². The average molecular weight is 442 g/mol. The van der Waals surface area contributed by atoms with Crippen LogP contribution in [0.5, 0.6) is 5.75 Å². The minimum Gasteiger partial charge on any atom is -0.496 e. The highest BCUT2D eigenvalue weighted by Gasteiger charge is 2.22. The topological polar surface area (TPSA) is 85.9 Å². The number of carbonyl (C=O) groups excluding carboxylic acids is 1. The van der Waals surface area contributed by atoms with E-state index in [9.17, 15) is 15.3 Å². The van der Waals surface area contributed by atoms with Gasteiger partial charge in [-0.1, -0.05) is 15.9 Å². The van der Waals surface area contributed by atoms with Crippen LogP contribution in [-0.4, -0.2) is 13.0 Å². The summed E-state index contributed by atoms with van der Waals surface area (Å²) >= 11 is 4.81. The fraction of sp³-hybridized carbons (Fsp3) is 0.250. The number of hydrogen-bond acceptors (Lipinski definition) is 5. The van der Waals surface area contributed by atoms with Crippen LogP contribution in [0.1, 0.15) is 34.4 Å². The van der Waals surface area contributed by atoms with E-state index in [4.69, 9.17) is 4.74 Å². The lowest BCUT2D eigenvalue weighted by atomic mass is 9.96. The third kappa shape index (κ3) is 4.05. The monoisotopic (exact) mass is 441 g/mol. The lowest BCUT2D eigenvalue weighted by molar-refractivity contribution is -0.112. The van der Waals surface area contributed by atoms with Crippen molar-refractivity contribution in [2.24, 2.45) is 0 Å². The van der Waals surface area contributed by atoms with Gasteiger partial charge in [-0.25, -0.2) is 0 Å². The molecule has 7 heteroatoms. The van der Waals surface area contributed by atoms with Crippen LogP contribution in [0.4, 0.5) is 5.00 Å². The van der Waals surface area contributed by atoms with E-state index in [0.29, 0.717) is 21.9 Å². The molecule has 27 heavy (non-hydrogen) atoms. The Morgan fingerprint density at radius 1 is 1.33 bits per heavy atom. The van der Waals surface area contributed by atoms with Gasteiger partial charge in [0, 0.05) is 14.9 Å². The highest BCUT2D eigenvalue weighted by Crippen LogP contribution is 2.37. The molecule has 0 atom stereocenters. The van der Waals surface area contributed by atoms with Gasteiger partial charge in [-0.3, -0.25) is 4.79 Å². The van der Waals surface area contributed by atoms with Crippen LogP contribution in [0.3, 0.4) is 0 Å². The number of benzene rings is 1. The number of methoxy groups -OCH3 is 1. The van der Waals surface area contributed by atoms with E-state index < -0.39 is 5.91 Å². The Morgan fingerprint density at radius 3 is 2.81 bits per heavy atom. The zero-order chi connectivity index (χ0) is 19.4. The molecule has 0 bridgehead atoms. The number of carbonyl (C=O) groups is 1. The number of anilines is 1. The molecular formula is C20H16BrN3O2S. The maximum Gasteiger partial charge on any atom is 0.266 e. The molecule has 0 saturated heterocycles. The largest absolute Gasteiger partial charge is 0.496 e. The Hall–Kier alpha value is -2.61. The number of thiophene rings is 1. The molecule has 0 spiro atoms. The van der Waals surface area contributed by atoms with Crippen molar-refractivity contribution in [2.75, 3.05) is 12.4 Å². The number of nitrogens with one attached hydrogen (secondary N) is 1. The summed E-state index contributed by atoms with van der Waals surface area (Å²) in [7, 11) is 1.53. The number of nitriles is 2. The van der Waals surface area contributed by atoms with E-state index in [1.807, 2.05) is 12.1 Å². The first-order chi connectivity index (χ1) is 13.1. The lowest BCUT2D eigenvalue weighted by Crippen LogP contribution is -2.13. The lowest BCUT2D eigenvalue weighted by Gasteiger charge is -2.09. The van der Waals surface area contributed by atoms with E-state index in [1.165, 1.54) is 24.5 Å². The Bertz CT molecular complexity index is 1010. The molecule has 1 heterocycles. The standard InChI is InChI=1S/C20H16BrN3O2S/c1-26-17-7-6-14(21)9-12(17)8-13(10-22)19(25)24-20-16(11-23)15-4-2-3-5-18(15)27-20/h6-9H,2-5H2,1H3,(H,24,25)/b13-8+. The van der Waals surface area contributed by atoms with Crippen molar-refractivity contribution in [3.8, 4) is 17.9 Å². The number of rotatable bonds is 4. The van der Waals surface area contributed by atoms with Crippen LogP contribution in [0.2, 0.25) is 0 Å². The first-order valence-electron chi connectivity index (χ1n) is 8.38. The van der Waals surface area contributed by atoms with E-state index in [-0.39, 0.29) is 5.57 Å². The summed E-state index contributed by atoms with van der Waals surface area (Å²) in [6.45, 7) is 0. The zero-order valence-corrected chi connectivity index (χ0v) is 17.0. The first kappa shape index (κ1) is 19.2. The smallest absolute Gasteiger partial charge is 0.266 e. The highest BCUT2D eigenvalue weighted by atomic mass is 79.9. The fourth-order valence-electron chi connectivity index (χ4n) is 3.06. The Balaban J connectivity index is 1.92. The van der Waals surface area contributed by atoms with Crippen LogP contribution in [0.25, 0.3) is 6.08 Å². The molecule has 1 aliphatic rings. The Morgan fingerprint density at radius 2 is 2.11 bits per heavy atom. The molecule has 1 aliphatic carbocycles. The van der Waals surface area contributed by atoms with Gasteiger partial charge < -0.3 is 10.1 Å². The number of nitrogens with zero attached hydrogens (tertiary/aromatic N) is 2. The molecule has 1 amide bonds. The maximum absolute atomic E-state index is 12.7. The molecule has 0 radical (unpaired) electrons. The summed E-state index contributed by atoms with van der Waals surface area (Å²) in [6.07, 6.45) is 5.43. The summed E-state index contributed by atoms with van der Waals surface area (Å²) in [4.78, 5) is 13.8. The van der Waals surface area contributed by atoms with Crippen molar-refractivity contribution in [1.29, 1.82) is 10.5 Å². The van der Waals surface area contributed by atoms with Crippen LogP contribution < -0.4 is 10.1 Å². The van der Waals surface area contributed by atoms with Gasteiger partial charge in [-0.2, -0.15) is 10.5 Å². The molecule has 136 valence electrons. The number of hydrogen-bond donors (Lipinski definition) is 1. The summed E-state index contributed by atoms with van der Waals surface area (Å²) in [5.41, 5.74) is 2.13. The predicted octanol–water partition coefficient (Wildman–Crippen LogP) is 4.82. The molecule has 3 rings (SSSR count). The van der Waals surface area contributed by atoms with Gasteiger partial charge in [-0.05, 0) is 55.5 Å². The van der Waals surface area contributed by atoms with Gasteiger partial charge in [-0.15, -0.1) is 11.3 Å². The molecule has 0 aliphatic heterocycles. The summed E-state index contributed by atoms with van der Waals surface area (Å²) in [5.74, 6) is 0.0256. The van der Waals surface area contributed by atoms with Crippen molar-refractivity contribution >= 4 is 44.3 Å². The first-order valence-corrected chi connectivity index (χ1v) is 9.99. The minimum atomic E-state index is -0.533. The van der Waals surface area contributed by atoms with Gasteiger partial charge in [0.1, 0.15) is 28.5 Å².